The molecule has 0 bridgehead atoms. The molecule has 0 radical (unpaired) electrons. The van der Waals surface area contributed by atoms with E-state index in [1.165, 1.54) is 0 Å². The van der Waals surface area contributed by atoms with E-state index in [0.717, 1.165) is 39.0 Å². The third-order valence-corrected chi connectivity index (χ3v) is 4.09. The fourth-order valence-electron chi connectivity index (χ4n) is 2.83. The summed E-state index contributed by atoms with van der Waals surface area (Å²) in [4.78, 5) is 12.2. The molecule has 3 atom stereocenters. The van der Waals surface area contributed by atoms with Crippen LogP contribution in [0.2, 0.25) is 0 Å². The van der Waals surface area contributed by atoms with Gasteiger partial charge in [-0.05, 0) is 19.3 Å². The molecule has 1 aromatic rings. The smallest absolute Gasteiger partial charge is 0.254 e. The van der Waals surface area contributed by atoms with Crippen molar-refractivity contribution in [3.05, 3.63) is 12.3 Å². The Morgan fingerprint density at radius 1 is 1.45 bits per heavy atom. The first-order chi connectivity index (χ1) is 10.3. The zero-order valence-electron chi connectivity index (χ0n) is 12.4. The molecule has 1 aromatic heterocycles. The summed E-state index contributed by atoms with van der Waals surface area (Å²) in [6.45, 7) is 2.80. The van der Waals surface area contributed by atoms with Crippen molar-refractivity contribution in [3.63, 3.8) is 0 Å². The molecule has 2 aliphatic heterocycles. The lowest BCUT2D eigenvalue weighted by atomic mass is 10.1. The molecule has 0 aliphatic carbocycles. The first-order valence-electron chi connectivity index (χ1n) is 7.52. The first kappa shape index (κ1) is 17.2. The topological polar surface area (TPSA) is 91.4 Å². The number of ether oxygens (including phenoxy) is 2. The Bertz CT molecular complexity index is 490. The van der Waals surface area contributed by atoms with Crippen molar-refractivity contribution in [2.45, 2.75) is 38.0 Å². The number of anilines is 1. The third kappa shape index (κ3) is 3.98. The highest BCUT2D eigenvalue weighted by molar-refractivity contribution is 5.93. The Labute approximate surface area is 135 Å². The number of halogens is 1. The molecule has 124 valence electrons. The van der Waals surface area contributed by atoms with Crippen molar-refractivity contribution >= 4 is 24.1 Å². The summed E-state index contributed by atoms with van der Waals surface area (Å²) in [6.07, 6.45) is 3.89. The molecule has 2 fully saturated rings. The van der Waals surface area contributed by atoms with Crippen LogP contribution in [-0.4, -0.2) is 47.7 Å². The molecule has 1 amide bonds. The molecule has 7 nitrogen and oxygen atoms in total. The second-order valence-corrected chi connectivity index (χ2v) is 5.68. The van der Waals surface area contributed by atoms with Gasteiger partial charge in [0, 0.05) is 31.7 Å². The lowest BCUT2D eigenvalue weighted by Gasteiger charge is -2.15. The molecule has 0 saturated carbocycles. The maximum atomic E-state index is 12.2. The summed E-state index contributed by atoms with van der Waals surface area (Å²) >= 11 is 0. The predicted octanol–water partition coefficient (Wildman–Crippen LogP) is 0.786. The number of carbonyl (C=O) groups excluding carboxylic acids is 1. The van der Waals surface area contributed by atoms with Crippen LogP contribution in [0.4, 0.5) is 5.82 Å². The molecule has 2 saturated heterocycles. The second-order valence-electron chi connectivity index (χ2n) is 5.68. The van der Waals surface area contributed by atoms with Gasteiger partial charge in [-0.25, -0.2) is 4.68 Å². The van der Waals surface area contributed by atoms with Crippen molar-refractivity contribution in [1.29, 1.82) is 0 Å². The van der Waals surface area contributed by atoms with Crippen LogP contribution in [0.15, 0.2) is 12.3 Å². The molecule has 0 spiro atoms. The maximum absolute atomic E-state index is 12.2. The third-order valence-electron chi connectivity index (χ3n) is 4.09. The number of rotatable bonds is 5. The van der Waals surface area contributed by atoms with Gasteiger partial charge in [0.2, 0.25) is 0 Å². The number of hydrogen-bond acceptors (Lipinski definition) is 5. The first-order valence-corrected chi connectivity index (χ1v) is 7.52. The number of nitrogens with one attached hydrogen (secondary N) is 1. The van der Waals surface area contributed by atoms with Crippen LogP contribution < -0.4 is 11.1 Å². The minimum absolute atomic E-state index is 0. The summed E-state index contributed by atoms with van der Waals surface area (Å²) < 4.78 is 12.8. The average molecular weight is 331 g/mol. The van der Waals surface area contributed by atoms with Crippen molar-refractivity contribution in [3.8, 4) is 0 Å². The number of aromatic nitrogens is 2. The highest BCUT2D eigenvalue weighted by atomic mass is 35.5. The van der Waals surface area contributed by atoms with Gasteiger partial charge in [0.05, 0.1) is 18.9 Å². The number of hydrogen-bond donors (Lipinski definition) is 2. The molecule has 1 unspecified atom stereocenters. The standard InChI is InChI=1S/C14H22N4O3.ClH/c15-7-11-1-2-12(21-11)14(19)17-13-3-5-16-18(13)8-10-4-6-20-9-10;/h3,5,10-12H,1-2,4,6-9,15H2,(H,17,19);1H/t10?,11-,12+;/m1./s1. The zero-order valence-corrected chi connectivity index (χ0v) is 13.3. The van der Waals surface area contributed by atoms with E-state index < -0.39 is 6.10 Å². The average Bonchev–Trinajstić information content (AvgIpc) is 3.21. The quantitative estimate of drug-likeness (QED) is 0.832. The molecular weight excluding hydrogens is 308 g/mol. The Kier molecular flexibility index (Phi) is 6.19. The molecule has 3 rings (SSSR count). The lowest BCUT2D eigenvalue weighted by Crippen LogP contribution is -2.30. The summed E-state index contributed by atoms with van der Waals surface area (Å²) in [7, 11) is 0. The highest BCUT2D eigenvalue weighted by Crippen LogP contribution is 2.21. The van der Waals surface area contributed by atoms with E-state index in [9.17, 15) is 4.79 Å². The molecule has 3 N–H and O–H groups in total. The lowest BCUT2D eigenvalue weighted by molar-refractivity contribution is -0.126. The molecule has 3 heterocycles. The number of nitrogens with zero attached hydrogens (tertiary/aromatic N) is 2. The van der Waals surface area contributed by atoms with Crippen LogP contribution >= 0.6 is 12.4 Å². The van der Waals surface area contributed by atoms with Crippen LogP contribution in [0.25, 0.3) is 0 Å². The van der Waals surface area contributed by atoms with Crippen molar-refractivity contribution in [1.82, 2.24) is 9.78 Å². The Morgan fingerprint density at radius 3 is 3.00 bits per heavy atom. The predicted molar refractivity (Wildman–Crippen MR) is 84.0 cm³/mol. The van der Waals surface area contributed by atoms with Gasteiger partial charge in [-0.2, -0.15) is 5.10 Å². The summed E-state index contributed by atoms with van der Waals surface area (Å²) in [5.74, 6) is 1.06. The van der Waals surface area contributed by atoms with Crippen molar-refractivity contribution in [2.75, 3.05) is 25.1 Å². The highest BCUT2D eigenvalue weighted by Gasteiger charge is 2.30. The van der Waals surface area contributed by atoms with E-state index in [4.69, 9.17) is 15.2 Å². The van der Waals surface area contributed by atoms with E-state index in [1.807, 2.05) is 10.7 Å². The Hall–Kier alpha value is -1.15. The monoisotopic (exact) mass is 330 g/mol. The van der Waals surface area contributed by atoms with Gasteiger partial charge in [0.1, 0.15) is 11.9 Å². The van der Waals surface area contributed by atoms with Crippen LogP contribution in [0, 0.1) is 5.92 Å². The molecule has 2 aliphatic rings. The van der Waals surface area contributed by atoms with Crippen LogP contribution in [0.5, 0.6) is 0 Å². The molecule has 8 heteroatoms. The van der Waals surface area contributed by atoms with Gasteiger partial charge in [0.25, 0.3) is 5.91 Å². The summed E-state index contributed by atoms with van der Waals surface area (Å²) in [5.41, 5.74) is 5.57. The molecular formula is C14H23ClN4O3. The second kappa shape index (κ2) is 7.92. The van der Waals surface area contributed by atoms with Gasteiger partial charge in [-0.1, -0.05) is 0 Å². The van der Waals surface area contributed by atoms with E-state index in [0.29, 0.717) is 18.3 Å². The number of amides is 1. The minimum atomic E-state index is -0.406. The van der Waals surface area contributed by atoms with E-state index >= 15 is 0 Å². The van der Waals surface area contributed by atoms with Crippen molar-refractivity contribution < 1.29 is 14.3 Å². The zero-order chi connectivity index (χ0) is 14.7. The van der Waals surface area contributed by atoms with E-state index in [1.54, 1.807) is 6.20 Å². The van der Waals surface area contributed by atoms with Crippen LogP contribution in [0.1, 0.15) is 19.3 Å². The van der Waals surface area contributed by atoms with Crippen LogP contribution in [0.3, 0.4) is 0 Å². The SMILES string of the molecule is Cl.NC[C@H]1CC[C@@H](C(=O)Nc2ccnn2CC2CCOC2)O1. The summed E-state index contributed by atoms with van der Waals surface area (Å²) in [5, 5.41) is 7.18. The molecule has 0 aromatic carbocycles. The van der Waals surface area contributed by atoms with E-state index in [-0.39, 0.29) is 24.4 Å². The van der Waals surface area contributed by atoms with Gasteiger partial charge in [-0.3, -0.25) is 4.79 Å². The summed E-state index contributed by atoms with van der Waals surface area (Å²) in [6, 6.07) is 1.81. The van der Waals surface area contributed by atoms with Gasteiger partial charge in [-0.15, -0.1) is 12.4 Å². The molecule has 22 heavy (non-hydrogen) atoms. The Morgan fingerprint density at radius 2 is 2.32 bits per heavy atom. The minimum Gasteiger partial charge on any atom is -0.381 e. The van der Waals surface area contributed by atoms with Crippen molar-refractivity contribution in [2.24, 2.45) is 11.7 Å². The number of carbonyl (C=O) groups is 1. The number of nitrogens with two attached hydrogens (primary N) is 1. The Balaban J connectivity index is 0.00000176. The largest absolute Gasteiger partial charge is 0.381 e. The fraction of sp³-hybridized carbons (Fsp3) is 0.714. The van der Waals surface area contributed by atoms with E-state index in [2.05, 4.69) is 10.4 Å². The normalized spacial score (nSPS) is 27.6. The van der Waals surface area contributed by atoms with Crippen LogP contribution in [-0.2, 0) is 20.8 Å². The van der Waals surface area contributed by atoms with Gasteiger partial charge < -0.3 is 20.5 Å². The van der Waals surface area contributed by atoms with Gasteiger partial charge >= 0.3 is 0 Å². The fourth-order valence-corrected chi connectivity index (χ4v) is 2.83. The maximum Gasteiger partial charge on any atom is 0.254 e. The van der Waals surface area contributed by atoms with Gasteiger partial charge in [0.15, 0.2) is 0 Å².